The zero-order valence-electron chi connectivity index (χ0n) is 36.6. The molecule has 3 nitrogen and oxygen atoms in total. The Morgan fingerprint density at radius 1 is 0.411 bits per heavy atom. The van der Waals surface area contributed by atoms with E-state index in [1.807, 2.05) is 0 Å². The molecule has 0 unspecified atom stereocenters. The van der Waals surface area contributed by atoms with Gasteiger partial charge in [-0.2, -0.15) is 0 Å². The second-order valence-electron chi connectivity index (χ2n) is 21.7. The first-order chi connectivity index (χ1) is 25.9. The van der Waals surface area contributed by atoms with Crippen LogP contribution in [0.15, 0.2) is 101 Å². The monoisotopic (exact) mass is 740 g/mol. The van der Waals surface area contributed by atoms with Gasteiger partial charge in [-0.1, -0.05) is 146 Å². The number of anilines is 6. The van der Waals surface area contributed by atoms with Crippen molar-refractivity contribution in [3.63, 3.8) is 0 Å². The Labute approximate surface area is 337 Å². The molecule has 0 radical (unpaired) electrons. The molecular weight excluding hydrogens is 679 g/mol. The first kappa shape index (κ1) is 38.2. The van der Waals surface area contributed by atoms with Gasteiger partial charge in [0.1, 0.15) is 5.58 Å². The van der Waals surface area contributed by atoms with Crippen molar-refractivity contribution in [3.8, 4) is 0 Å². The van der Waals surface area contributed by atoms with Gasteiger partial charge in [-0.3, -0.25) is 0 Å². The van der Waals surface area contributed by atoms with E-state index in [0.717, 1.165) is 28.0 Å². The highest BCUT2D eigenvalue weighted by Gasteiger charge is 2.47. The summed E-state index contributed by atoms with van der Waals surface area (Å²) in [6.07, 6.45) is 0. The van der Waals surface area contributed by atoms with Crippen molar-refractivity contribution in [2.45, 2.75) is 131 Å². The lowest BCUT2D eigenvalue weighted by molar-refractivity contribution is 0.589. The lowest BCUT2D eigenvalue weighted by Crippen LogP contribution is -2.61. The van der Waals surface area contributed by atoms with Crippen molar-refractivity contribution in [2.24, 2.45) is 0 Å². The van der Waals surface area contributed by atoms with E-state index in [4.69, 9.17) is 4.42 Å². The SMILES string of the molecule is CC(C)(C)c1ccc(N2c3cc(C(C)(C)C)ccc3B3c4oc5ccc(C(C)(C)C)cc5c4N(c4ccc(C(C)(C)C)cc4)c4cc(C(C)(C)C)cc2c43)cc1. The topological polar surface area (TPSA) is 19.6 Å². The number of benzene rings is 5. The van der Waals surface area contributed by atoms with Crippen LogP contribution in [0.4, 0.5) is 34.1 Å². The number of hydrogen-bond donors (Lipinski definition) is 0. The average Bonchev–Trinajstić information content (AvgIpc) is 3.48. The molecule has 3 heterocycles. The molecule has 0 N–H and O–H groups in total. The summed E-state index contributed by atoms with van der Waals surface area (Å²) in [5, 5.41) is 1.16. The second-order valence-corrected chi connectivity index (χ2v) is 21.7. The summed E-state index contributed by atoms with van der Waals surface area (Å²) in [6.45, 7) is 34.5. The Bertz CT molecular complexity index is 2480. The molecule has 4 heteroatoms. The zero-order chi connectivity index (χ0) is 40.5. The summed E-state index contributed by atoms with van der Waals surface area (Å²) in [7, 11) is 0. The minimum absolute atomic E-state index is 0.0134. The van der Waals surface area contributed by atoms with E-state index < -0.39 is 0 Å². The first-order valence-corrected chi connectivity index (χ1v) is 20.6. The van der Waals surface area contributed by atoms with Gasteiger partial charge in [0.25, 0.3) is 6.71 Å². The minimum atomic E-state index is -0.101. The maximum atomic E-state index is 7.22. The van der Waals surface area contributed by atoms with Gasteiger partial charge >= 0.3 is 0 Å². The van der Waals surface area contributed by atoms with Crippen molar-refractivity contribution in [2.75, 3.05) is 9.80 Å². The van der Waals surface area contributed by atoms with Crippen molar-refractivity contribution >= 4 is 68.4 Å². The summed E-state index contributed by atoms with van der Waals surface area (Å²) in [5.74, 6) is 0. The number of hydrogen-bond acceptors (Lipinski definition) is 3. The van der Waals surface area contributed by atoms with Gasteiger partial charge < -0.3 is 14.2 Å². The van der Waals surface area contributed by atoms with E-state index in [-0.39, 0.29) is 33.8 Å². The highest BCUT2D eigenvalue weighted by Crippen LogP contribution is 2.49. The molecular formula is C52H61BN2O. The smallest absolute Gasteiger partial charge is 0.297 e. The molecule has 0 saturated heterocycles. The largest absolute Gasteiger partial charge is 0.468 e. The van der Waals surface area contributed by atoms with Crippen molar-refractivity contribution in [3.05, 3.63) is 125 Å². The highest BCUT2D eigenvalue weighted by atomic mass is 16.3. The fourth-order valence-electron chi connectivity index (χ4n) is 8.61. The summed E-state index contributed by atoms with van der Waals surface area (Å²) in [6, 6.07) is 37.6. The Balaban J connectivity index is 1.51. The van der Waals surface area contributed by atoms with Gasteiger partial charge in [-0.25, -0.2) is 0 Å². The third-order valence-electron chi connectivity index (χ3n) is 12.2. The number of fused-ring (bicyclic) bond motifs is 6. The molecule has 0 saturated carbocycles. The van der Waals surface area contributed by atoms with Crippen molar-refractivity contribution in [1.29, 1.82) is 0 Å². The normalized spacial score (nSPS) is 14.6. The van der Waals surface area contributed by atoms with Gasteiger partial charge in [0.15, 0.2) is 0 Å². The lowest BCUT2D eigenvalue weighted by Gasteiger charge is -2.44. The minimum Gasteiger partial charge on any atom is -0.468 e. The molecule has 0 atom stereocenters. The predicted octanol–water partition coefficient (Wildman–Crippen LogP) is 13.0. The summed E-state index contributed by atoms with van der Waals surface area (Å²) < 4.78 is 7.22. The molecule has 2 aliphatic rings. The van der Waals surface area contributed by atoms with E-state index in [1.165, 1.54) is 61.5 Å². The summed E-state index contributed by atoms with van der Waals surface area (Å²) in [5.41, 5.74) is 18.2. The lowest BCUT2D eigenvalue weighted by atomic mass is 9.35. The maximum absolute atomic E-state index is 7.22. The molecule has 288 valence electrons. The highest BCUT2D eigenvalue weighted by molar-refractivity contribution is 7.00. The fraction of sp³-hybridized carbons (Fsp3) is 0.385. The quantitative estimate of drug-likeness (QED) is 0.165. The number of nitrogens with zero attached hydrogens (tertiary/aromatic N) is 2. The maximum Gasteiger partial charge on any atom is 0.297 e. The Morgan fingerprint density at radius 3 is 1.32 bits per heavy atom. The van der Waals surface area contributed by atoms with Crippen LogP contribution < -0.4 is 26.4 Å². The molecule has 5 aromatic carbocycles. The third-order valence-corrected chi connectivity index (χ3v) is 12.2. The van der Waals surface area contributed by atoms with Crippen LogP contribution in [-0.2, 0) is 27.1 Å². The molecule has 2 aliphatic heterocycles. The van der Waals surface area contributed by atoms with E-state index >= 15 is 0 Å². The molecule has 0 spiro atoms. The van der Waals surface area contributed by atoms with Crippen LogP contribution in [0.2, 0.25) is 0 Å². The van der Waals surface area contributed by atoms with E-state index in [1.54, 1.807) is 0 Å². The van der Waals surface area contributed by atoms with Gasteiger partial charge in [-0.15, -0.1) is 0 Å². The van der Waals surface area contributed by atoms with Crippen LogP contribution >= 0.6 is 0 Å². The van der Waals surface area contributed by atoms with E-state index in [9.17, 15) is 0 Å². The van der Waals surface area contributed by atoms with E-state index in [0.29, 0.717) is 0 Å². The molecule has 56 heavy (non-hydrogen) atoms. The Morgan fingerprint density at radius 2 is 0.821 bits per heavy atom. The van der Waals surface area contributed by atoms with Crippen LogP contribution in [0.5, 0.6) is 0 Å². The van der Waals surface area contributed by atoms with Gasteiger partial charge in [0.2, 0.25) is 0 Å². The summed E-state index contributed by atoms with van der Waals surface area (Å²) >= 11 is 0. The average molecular weight is 741 g/mol. The van der Waals surface area contributed by atoms with Gasteiger partial charge in [-0.05, 0) is 120 Å². The van der Waals surface area contributed by atoms with Crippen LogP contribution in [0.25, 0.3) is 11.0 Å². The van der Waals surface area contributed by atoms with Crippen LogP contribution in [-0.4, -0.2) is 6.71 Å². The molecule has 1 aromatic heterocycles. The van der Waals surface area contributed by atoms with Crippen LogP contribution in [0, 0.1) is 0 Å². The van der Waals surface area contributed by atoms with E-state index in [2.05, 4.69) is 211 Å². The molecule has 8 rings (SSSR count). The van der Waals surface area contributed by atoms with Crippen LogP contribution in [0.3, 0.4) is 0 Å². The zero-order valence-corrected chi connectivity index (χ0v) is 36.6. The molecule has 0 aliphatic carbocycles. The van der Waals surface area contributed by atoms with Crippen molar-refractivity contribution in [1.82, 2.24) is 0 Å². The number of furan rings is 1. The first-order valence-electron chi connectivity index (χ1n) is 20.6. The van der Waals surface area contributed by atoms with Gasteiger partial charge in [0.05, 0.1) is 11.3 Å². The second kappa shape index (κ2) is 12.4. The predicted molar refractivity (Wildman–Crippen MR) is 244 cm³/mol. The molecule has 0 amide bonds. The van der Waals surface area contributed by atoms with Crippen LogP contribution in [0.1, 0.15) is 132 Å². The fourth-order valence-corrected chi connectivity index (χ4v) is 8.61. The Kier molecular flexibility index (Phi) is 8.46. The standard InChI is InChI=1S/C52H61BN2O/c1-48(2,3)32-16-22-37(23-17-32)54-41-29-35(51(10,11)12)20-26-40(41)53-45-42(54)30-36(52(13,14)15)31-43(45)55(38-24-18-33(19-25-38)49(4,5)6)46-39-28-34(50(7,8)9)21-27-44(39)56-47(46)53/h16-31H,1-15H3. The van der Waals surface area contributed by atoms with Crippen molar-refractivity contribution < 1.29 is 4.42 Å². The summed E-state index contributed by atoms with van der Waals surface area (Å²) in [4.78, 5) is 5.08. The third kappa shape index (κ3) is 6.28. The molecule has 6 aromatic rings. The number of rotatable bonds is 2. The van der Waals surface area contributed by atoms with Gasteiger partial charge in [0, 0.05) is 33.8 Å². The Hall–Kier alpha value is -4.70. The molecule has 0 fully saturated rings. The molecule has 0 bridgehead atoms.